The maximum absolute atomic E-state index is 14.0. The average Bonchev–Trinajstić information content (AvgIpc) is 2.22. The molecule has 4 nitrogen and oxygen atoms in total. The predicted molar refractivity (Wildman–Crippen MR) is 58.1 cm³/mol. The second-order valence-electron chi connectivity index (χ2n) is 3.55. The second kappa shape index (κ2) is 4.65. The van der Waals surface area contributed by atoms with Crippen molar-refractivity contribution in [2.45, 2.75) is 5.67 Å². The molecule has 6 heteroatoms. The SMILES string of the molecule is OCCOc1cc(C2(F)COC2)cc(Br)n1. The van der Waals surface area contributed by atoms with Gasteiger partial charge >= 0.3 is 0 Å². The summed E-state index contributed by atoms with van der Waals surface area (Å²) in [6, 6.07) is 3.14. The van der Waals surface area contributed by atoms with Crippen molar-refractivity contribution < 1.29 is 19.0 Å². The molecule has 0 atom stereocenters. The van der Waals surface area contributed by atoms with E-state index in [-0.39, 0.29) is 26.4 Å². The molecule has 1 saturated heterocycles. The summed E-state index contributed by atoms with van der Waals surface area (Å²) in [6.45, 7) is 0.151. The summed E-state index contributed by atoms with van der Waals surface area (Å²) in [5.41, 5.74) is -0.962. The molecule has 0 spiro atoms. The van der Waals surface area contributed by atoms with Crippen LogP contribution in [0.1, 0.15) is 5.56 Å². The van der Waals surface area contributed by atoms with Crippen LogP contribution in [0.15, 0.2) is 16.7 Å². The third-order valence-corrected chi connectivity index (χ3v) is 2.70. The third kappa shape index (κ3) is 2.34. The van der Waals surface area contributed by atoms with Crippen LogP contribution in [0.25, 0.3) is 0 Å². The molecule has 0 bridgehead atoms. The number of pyridine rings is 1. The van der Waals surface area contributed by atoms with Gasteiger partial charge in [-0.3, -0.25) is 0 Å². The van der Waals surface area contributed by atoms with Crippen molar-refractivity contribution in [1.82, 2.24) is 4.98 Å². The minimum atomic E-state index is -1.44. The largest absolute Gasteiger partial charge is 0.475 e. The molecule has 16 heavy (non-hydrogen) atoms. The highest BCUT2D eigenvalue weighted by Crippen LogP contribution is 2.36. The van der Waals surface area contributed by atoms with Gasteiger partial charge in [-0.25, -0.2) is 9.37 Å². The Balaban J connectivity index is 2.21. The van der Waals surface area contributed by atoms with Gasteiger partial charge in [-0.05, 0) is 22.0 Å². The van der Waals surface area contributed by atoms with Crippen LogP contribution < -0.4 is 4.74 Å². The summed E-state index contributed by atoms with van der Waals surface area (Å²) >= 11 is 3.19. The number of alkyl halides is 1. The predicted octanol–water partition coefficient (Wildman–Crippen LogP) is 1.41. The van der Waals surface area contributed by atoms with Crippen LogP contribution in [0.3, 0.4) is 0 Å². The van der Waals surface area contributed by atoms with Gasteiger partial charge in [-0.2, -0.15) is 0 Å². The number of aromatic nitrogens is 1. The zero-order chi connectivity index (χ0) is 11.6. The smallest absolute Gasteiger partial charge is 0.214 e. The van der Waals surface area contributed by atoms with Crippen molar-refractivity contribution in [2.75, 3.05) is 26.4 Å². The molecule has 0 amide bonds. The number of hydrogen-bond donors (Lipinski definition) is 1. The summed E-state index contributed by atoms with van der Waals surface area (Å²) in [4.78, 5) is 4.02. The topological polar surface area (TPSA) is 51.6 Å². The number of rotatable bonds is 4. The van der Waals surface area contributed by atoms with E-state index in [0.717, 1.165) is 0 Å². The highest BCUT2D eigenvalue weighted by Gasteiger charge is 2.41. The Labute approximate surface area is 101 Å². The maximum atomic E-state index is 14.0. The summed E-state index contributed by atoms with van der Waals surface area (Å²) in [5.74, 6) is 0.294. The standard InChI is InChI=1S/C10H11BrFNO3/c11-8-3-7(10(12)5-15-6-10)4-9(13-8)16-2-1-14/h3-4,14H,1-2,5-6H2. The molecule has 1 aliphatic heterocycles. The Hall–Kier alpha value is -0.720. The quantitative estimate of drug-likeness (QED) is 0.853. The highest BCUT2D eigenvalue weighted by atomic mass is 79.9. The van der Waals surface area contributed by atoms with Gasteiger partial charge in [-0.15, -0.1) is 0 Å². The summed E-state index contributed by atoms with van der Waals surface area (Å²) in [7, 11) is 0. The normalized spacial score (nSPS) is 17.9. The molecule has 1 fully saturated rings. The van der Waals surface area contributed by atoms with E-state index < -0.39 is 5.67 Å². The van der Waals surface area contributed by atoms with E-state index in [0.29, 0.717) is 16.0 Å². The summed E-state index contributed by atoms with van der Waals surface area (Å²) < 4.78 is 24.5. The van der Waals surface area contributed by atoms with Crippen molar-refractivity contribution in [2.24, 2.45) is 0 Å². The Morgan fingerprint density at radius 1 is 1.56 bits per heavy atom. The molecule has 0 aromatic carbocycles. The fourth-order valence-corrected chi connectivity index (χ4v) is 1.82. The lowest BCUT2D eigenvalue weighted by molar-refractivity contribution is -0.135. The number of ether oxygens (including phenoxy) is 2. The molecule has 1 N–H and O–H groups in total. The lowest BCUT2D eigenvalue weighted by Crippen LogP contribution is -2.42. The van der Waals surface area contributed by atoms with Crippen LogP contribution >= 0.6 is 15.9 Å². The third-order valence-electron chi connectivity index (χ3n) is 2.29. The Morgan fingerprint density at radius 3 is 2.88 bits per heavy atom. The monoisotopic (exact) mass is 291 g/mol. The van der Waals surface area contributed by atoms with Gasteiger partial charge in [0.2, 0.25) is 5.88 Å². The van der Waals surface area contributed by atoms with Gasteiger partial charge in [-0.1, -0.05) is 0 Å². The van der Waals surface area contributed by atoms with Gasteiger partial charge in [0.05, 0.1) is 19.8 Å². The van der Waals surface area contributed by atoms with Crippen LogP contribution in [-0.4, -0.2) is 36.5 Å². The molecular weight excluding hydrogens is 281 g/mol. The molecular formula is C10H11BrFNO3. The van der Waals surface area contributed by atoms with E-state index in [1.165, 1.54) is 6.07 Å². The summed E-state index contributed by atoms with van der Waals surface area (Å²) in [5, 5.41) is 8.62. The molecule has 1 aromatic rings. The first-order valence-corrected chi connectivity index (χ1v) is 5.62. The van der Waals surface area contributed by atoms with Crippen molar-refractivity contribution in [3.63, 3.8) is 0 Å². The fraction of sp³-hybridized carbons (Fsp3) is 0.500. The van der Waals surface area contributed by atoms with Gasteiger partial charge in [0.1, 0.15) is 11.2 Å². The van der Waals surface area contributed by atoms with Crippen LogP contribution in [0, 0.1) is 0 Å². The number of hydrogen-bond acceptors (Lipinski definition) is 4. The van der Waals surface area contributed by atoms with Crippen LogP contribution in [0.4, 0.5) is 4.39 Å². The first kappa shape index (κ1) is 11.8. The molecule has 0 radical (unpaired) electrons. The highest BCUT2D eigenvalue weighted by molar-refractivity contribution is 9.10. The van der Waals surface area contributed by atoms with Crippen molar-refractivity contribution in [3.8, 4) is 5.88 Å². The van der Waals surface area contributed by atoms with E-state index in [9.17, 15) is 4.39 Å². The first-order valence-electron chi connectivity index (χ1n) is 4.82. The van der Waals surface area contributed by atoms with E-state index in [1.807, 2.05) is 0 Å². The summed E-state index contributed by atoms with van der Waals surface area (Å²) in [6.07, 6.45) is 0. The van der Waals surface area contributed by atoms with Crippen molar-refractivity contribution in [1.29, 1.82) is 0 Å². The number of aliphatic hydroxyl groups excluding tert-OH is 1. The van der Waals surface area contributed by atoms with Crippen LogP contribution in [0.5, 0.6) is 5.88 Å². The molecule has 1 aliphatic rings. The second-order valence-corrected chi connectivity index (χ2v) is 4.36. The van der Waals surface area contributed by atoms with Crippen molar-refractivity contribution in [3.05, 3.63) is 22.3 Å². The lowest BCUT2D eigenvalue weighted by atomic mass is 9.95. The Bertz CT molecular complexity index is 384. The van der Waals surface area contributed by atoms with E-state index in [2.05, 4.69) is 20.9 Å². The minimum Gasteiger partial charge on any atom is -0.475 e. The molecule has 88 valence electrons. The van der Waals surface area contributed by atoms with E-state index >= 15 is 0 Å². The van der Waals surface area contributed by atoms with Crippen molar-refractivity contribution >= 4 is 15.9 Å². The lowest BCUT2D eigenvalue weighted by Gasteiger charge is -2.34. The van der Waals surface area contributed by atoms with Crippen LogP contribution in [-0.2, 0) is 10.4 Å². The number of aliphatic hydroxyl groups is 1. The Kier molecular flexibility index (Phi) is 3.41. The van der Waals surface area contributed by atoms with Crippen LogP contribution in [0.2, 0.25) is 0 Å². The molecule has 2 heterocycles. The maximum Gasteiger partial charge on any atom is 0.214 e. The first-order chi connectivity index (χ1) is 7.64. The number of halogens is 2. The zero-order valence-electron chi connectivity index (χ0n) is 8.45. The van der Waals surface area contributed by atoms with Gasteiger partial charge in [0.25, 0.3) is 0 Å². The molecule has 0 unspecified atom stereocenters. The average molecular weight is 292 g/mol. The number of nitrogens with zero attached hydrogens (tertiary/aromatic N) is 1. The van der Waals surface area contributed by atoms with Gasteiger partial charge in [0.15, 0.2) is 5.67 Å². The Morgan fingerprint density at radius 2 is 2.31 bits per heavy atom. The molecule has 2 rings (SSSR count). The molecule has 1 aromatic heterocycles. The molecule has 0 aliphatic carbocycles. The van der Waals surface area contributed by atoms with E-state index in [4.69, 9.17) is 14.6 Å². The molecule has 0 saturated carbocycles. The van der Waals surface area contributed by atoms with Gasteiger partial charge in [0, 0.05) is 11.6 Å². The van der Waals surface area contributed by atoms with Gasteiger partial charge < -0.3 is 14.6 Å². The van der Waals surface area contributed by atoms with E-state index in [1.54, 1.807) is 6.07 Å². The zero-order valence-corrected chi connectivity index (χ0v) is 10.0. The fourth-order valence-electron chi connectivity index (χ4n) is 1.40. The minimum absolute atomic E-state index is 0.0584.